The minimum Gasteiger partial charge on any atom is -0.319 e. The summed E-state index contributed by atoms with van der Waals surface area (Å²) < 4.78 is 15.3. The summed E-state index contributed by atoms with van der Waals surface area (Å²) in [6.07, 6.45) is 3.45. The molecule has 0 saturated heterocycles. The first kappa shape index (κ1) is 13.5. The van der Waals surface area contributed by atoms with Gasteiger partial charge < -0.3 is 10.3 Å². The van der Waals surface area contributed by atoms with Gasteiger partial charge >= 0.3 is 0 Å². The Bertz CT molecular complexity index is 750. The van der Waals surface area contributed by atoms with Crippen LogP contribution in [0.2, 0.25) is 0 Å². The third kappa shape index (κ3) is 2.58. The number of halogens is 1. The van der Waals surface area contributed by atoms with E-state index >= 15 is 0 Å². The maximum Gasteiger partial charge on any atom is 0.126 e. The topological polar surface area (TPSA) is 43.8 Å². The molecule has 0 saturated carbocycles. The number of hydrogen-bond donors (Lipinski definition) is 1. The lowest BCUT2D eigenvalue weighted by atomic mass is 10.0. The number of nitrogens with zero attached hydrogens (tertiary/aromatic N) is 2. The van der Waals surface area contributed by atoms with Crippen LogP contribution in [0.4, 0.5) is 4.39 Å². The Morgan fingerprint density at radius 1 is 1.14 bits per heavy atom. The van der Waals surface area contributed by atoms with E-state index in [0.717, 1.165) is 16.9 Å². The van der Waals surface area contributed by atoms with Gasteiger partial charge in [-0.3, -0.25) is 0 Å². The van der Waals surface area contributed by atoms with E-state index in [1.165, 1.54) is 6.07 Å². The predicted molar refractivity (Wildman–Crippen MR) is 80.7 cm³/mol. The minimum atomic E-state index is -0.279. The van der Waals surface area contributed by atoms with Crippen LogP contribution >= 0.6 is 0 Å². The molecule has 0 radical (unpaired) electrons. The molecule has 1 atom stereocenters. The molecule has 3 nitrogen and oxygen atoms in total. The molecule has 0 aliphatic rings. The molecule has 4 heteroatoms. The highest BCUT2D eigenvalue weighted by Crippen LogP contribution is 2.23. The zero-order valence-corrected chi connectivity index (χ0v) is 11.7. The Labute approximate surface area is 122 Å². The zero-order valence-electron chi connectivity index (χ0n) is 11.7. The van der Waals surface area contributed by atoms with E-state index < -0.39 is 0 Å². The Kier molecular flexibility index (Phi) is 3.54. The summed E-state index contributed by atoms with van der Waals surface area (Å²) in [7, 11) is 0. The average Bonchev–Trinajstić information content (AvgIpc) is 2.99. The van der Waals surface area contributed by atoms with Crippen molar-refractivity contribution in [3.8, 4) is 5.69 Å². The second kappa shape index (κ2) is 5.50. The van der Waals surface area contributed by atoms with Crippen molar-refractivity contribution in [2.75, 3.05) is 0 Å². The van der Waals surface area contributed by atoms with Crippen LogP contribution in [0.15, 0.2) is 61.1 Å². The molecule has 0 spiro atoms. The lowest BCUT2D eigenvalue weighted by molar-refractivity contribution is 0.617. The second-order valence-corrected chi connectivity index (χ2v) is 5.01. The largest absolute Gasteiger partial charge is 0.319 e. The van der Waals surface area contributed by atoms with Crippen molar-refractivity contribution in [3.05, 3.63) is 83.7 Å². The van der Waals surface area contributed by atoms with Gasteiger partial charge in [-0.15, -0.1) is 0 Å². The molecule has 106 valence electrons. The van der Waals surface area contributed by atoms with Crippen LogP contribution < -0.4 is 5.73 Å². The first-order valence-electron chi connectivity index (χ1n) is 6.76. The molecule has 2 N–H and O–H groups in total. The quantitative estimate of drug-likeness (QED) is 0.800. The van der Waals surface area contributed by atoms with Gasteiger partial charge in [-0.1, -0.05) is 30.3 Å². The molecule has 0 bridgehead atoms. The number of rotatable bonds is 3. The van der Waals surface area contributed by atoms with Gasteiger partial charge in [-0.2, -0.15) is 0 Å². The molecule has 1 heterocycles. The Morgan fingerprint density at radius 2 is 1.90 bits per heavy atom. The first-order chi connectivity index (χ1) is 10.2. The highest BCUT2D eigenvalue weighted by atomic mass is 19.1. The van der Waals surface area contributed by atoms with E-state index in [9.17, 15) is 4.39 Å². The van der Waals surface area contributed by atoms with Crippen molar-refractivity contribution < 1.29 is 4.39 Å². The average molecular weight is 281 g/mol. The SMILES string of the molecule is Cc1cc(-n2cncc2C(N)c2ccccc2)ccc1F. The Hall–Kier alpha value is -2.46. The molecule has 3 aromatic rings. The third-order valence-electron chi connectivity index (χ3n) is 3.56. The van der Waals surface area contributed by atoms with E-state index in [1.807, 2.05) is 34.9 Å². The van der Waals surface area contributed by atoms with Crippen molar-refractivity contribution >= 4 is 0 Å². The lowest BCUT2D eigenvalue weighted by Gasteiger charge is -2.15. The van der Waals surface area contributed by atoms with Crippen molar-refractivity contribution in [3.63, 3.8) is 0 Å². The van der Waals surface area contributed by atoms with Crippen molar-refractivity contribution in [1.82, 2.24) is 9.55 Å². The highest BCUT2D eigenvalue weighted by molar-refractivity contribution is 5.39. The fourth-order valence-electron chi connectivity index (χ4n) is 2.36. The van der Waals surface area contributed by atoms with Crippen LogP contribution in [0.5, 0.6) is 0 Å². The van der Waals surface area contributed by atoms with Gasteiger partial charge in [0, 0.05) is 5.69 Å². The standard InChI is InChI=1S/C17H16FN3/c1-12-9-14(7-8-15(12)18)21-11-20-10-16(21)17(19)13-5-3-2-4-6-13/h2-11,17H,19H2,1H3. The molecule has 1 unspecified atom stereocenters. The molecule has 0 aliphatic heterocycles. The first-order valence-corrected chi connectivity index (χ1v) is 6.76. The van der Waals surface area contributed by atoms with Crippen LogP contribution in [-0.2, 0) is 0 Å². The molecule has 21 heavy (non-hydrogen) atoms. The Morgan fingerprint density at radius 3 is 2.62 bits per heavy atom. The Balaban J connectivity index is 2.03. The molecule has 0 aliphatic carbocycles. The van der Waals surface area contributed by atoms with Crippen LogP contribution in [0.3, 0.4) is 0 Å². The molecular formula is C17H16FN3. The maximum absolute atomic E-state index is 13.4. The normalized spacial score (nSPS) is 12.3. The van der Waals surface area contributed by atoms with Crippen molar-refractivity contribution in [2.24, 2.45) is 5.73 Å². The van der Waals surface area contributed by atoms with Gasteiger partial charge in [0.25, 0.3) is 0 Å². The zero-order chi connectivity index (χ0) is 14.8. The fraction of sp³-hybridized carbons (Fsp3) is 0.118. The number of benzene rings is 2. The van der Waals surface area contributed by atoms with Gasteiger partial charge in [0.1, 0.15) is 5.82 Å². The number of hydrogen-bond acceptors (Lipinski definition) is 2. The maximum atomic E-state index is 13.4. The summed E-state index contributed by atoms with van der Waals surface area (Å²) in [5.74, 6) is -0.215. The number of aryl methyl sites for hydroxylation is 1. The number of imidazole rings is 1. The molecule has 1 aromatic heterocycles. The summed E-state index contributed by atoms with van der Waals surface area (Å²) in [6, 6.07) is 14.5. The summed E-state index contributed by atoms with van der Waals surface area (Å²) >= 11 is 0. The van der Waals surface area contributed by atoms with Crippen LogP contribution in [0, 0.1) is 12.7 Å². The molecular weight excluding hydrogens is 265 g/mol. The van der Waals surface area contributed by atoms with Gasteiger partial charge in [-0.05, 0) is 36.2 Å². The van der Waals surface area contributed by atoms with E-state index in [0.29, 0.717) is 5.56 Å². The number of aromatic nitrogens is 2. The molecule has 0 amide bonds. The molecule has 2 aromatic carbocycles. The number of nitrogens with two attached hydrogens (primary N) is 1. The summed E-state index contributed by atoms with van der Waals surface area (Å²) in [5.41, 5.74) is 9.66. The lowest BCUT2D eigenvalue weighted by Crippen LogP contribution is -2.15. The molecule has 0 fully saturated rings. The van der Waals surface area contributed by atoms with E-state index in [-0.39, 0.29) is 11.9 Å². The van der Waals surface area contributed by atoms with Crippen molar-refractivity contribution in [2.45, 2.75) is 13.0 Å². The summed E-state index contributed by atoms with van der Waals surface area (Å²) in [5, 5.41) is 0. The van der Waals surface area contributed by atoms with Crippen LogP contribution in [0.1, 0.15) is 22.9 Å². The summed E-state index contributed by atoms with van der Waals surface area (Å²) in [6.45, 7) is 1.74. The smallest absolute Gasteiger partial charge is 0.126 e. The van der Waals surface area contributed by atoms with E-state index in [2.05, 4.69) is 4.98 Å². The summed E-state index contributed by atoms with van der Waals surface area (Å²) in [4.78, 5) is 4.19. The predicted octanol–water partition coefficient (Wildman–Crippen LogP) is 3.37. The van der Waals surface area contributed by atoms with Crippen LogP contribution in [0.25, 0.3) is 5.69 Å². The van der Waals surface area contributed by atoms with Gasteiger partial charge in [-0.25, -0.2) is 9.37 Å². The van der Waals surface area contributed by atoms with Crippen LogP contribution in [-0.4, -0.2) is 9.55 Å². The van der Waals surface area contributed by atoms with Crippen molar-refractivity contribution in [1.29, 1.82) is 0 Å². The minimum absolute atomic E-state index is 0.215. The molecule has 3 rings (SSSR count). The van der Waals surface area contributed by atoms with Gasteiger partial charge in [0.05, 0.1) is 24.3 Å². The van der Waals surface area contributed by atoms with E-state index in [1.54, 1.807) is 31.6 Å². The van der Waals surface area contributed by atoms with Gasteiger partial charge in [0.15, 0.2) is 0 Å². The second-order valence-electron chi connectivity index (χ2n) is 5.01. The van der Waals surface area contributed by atoms with Gasteiger partial charge in [0.2, 0.25) is 0 Å². The van der Waals surface area contributed by atoms with E-state index in [4.69, 9.17) is 5.73 Å². The highest BCUT2D eigenvalue weighted by Gasteiger charge is 2.15. The monoisotopic (exact) mass is 281 g/mol. The third-order valence-corrected chi connectivity index (χ3v) is 3.56. The fourth-order valence-corrected chi connectivity index (χ4v) is 2.36.